The molecule has 0 saturated carbocycles. The van der Waals surface area contributed by atoms with Crippen molar-refractivity contribution in [2.24, 2.45) is 5.92 Å². The molecule has 0 aromatic heterocycles. The Bertz CT molecular complexity index is 511. The van der Waals surface area contributed by atoms with Crippen LogP contribution in [-0.4, -0.2) is 44.1 Å². The maximum atomic E-state index is 12.1. The van der Waals surface area contributed by atoms with E-state index in [1.165, 1.54) is 0 Å². The van der Waals surface area contributed by atoms with Crippen molar-refractivity contribution < 1.29 is 9.53 Å². The molecule has 1 fully saturated rings. The topological polar surface area (TPSA) is 41.6 Å². The second kappa shape index (κ2) is 8.61. The van der Waals surface area contributed by atoms with Crippen LogP contribution in [0.4, 0.5) is 0 Å². The number of amides is 1. The van der Waals surface area contributed by atoms with Gasteiger partial charge in [-0.15, -0.1) is 0 Å². The van der Waals surface area contributed by atoms with Crippen molar-refractivity contribution in [1.29, 1.82) is 0 Å². The van der Waals surface area contributed by atoms with Crippen LogP contribution in [0.1, 0.15) is 19.3 Å². The molecule has 0 bridgehead atoms. The van der Waals surface area contributed by atoms with Gasteiger partial charge in [0.2, 0.25) is 5.91 Å². The van der Waals surface area contributed by atoms with Crippen molar-refractivity contribution >= 4 is 29.1 Å². The predicted molar refractivity (Wildman–Crippen MR) is 89.8 cm³/mol. The summed E-state index contributed by atoms with van der Waals surface area (Å²) in [4.78, 5) is 14.1. The summed E-state index contributed by atoms with van der Waals surface area (Å²) in [6.45, 7) is 3.16. The molecule has 2 rings (SSSR count). The fraction of sp³-hybridized carbons (Fsp3) is 0.562. The number of likely N-dealkylation sites (tertiary alicyclic amines) is 1. The number of hydrogen-bond acceptors (Lipinski definition) is 3. The molecule has 1 aromatic carbocycles. The third-order valence-electron chi connectivity index (χ3n) is 3.84. The number of rotatable bonds is 7. The third kappa shape index (κ3) is 4.77. The Balaban J connectivity index is 1.68. The van der Waals surface area contributed by atoms with Crippen LogP contribution in [-0.2, 0) is 4.79 Å². The van der Waals surface area contributed by atoms with E-state index in [2.05, 4.69) is 5.32 Å². The molecule has 1 amide bonds. The second-order valence-electron chi connectivity index (χ2n) is 5.56. The van der Waals surface area contributed by atoms with Gasteiger partial charge >= 0.3 is 0 Å². The molecule has 1 N–H and O–H groups in total. The monoisotopic (exact) mass is 344 g/mol. The minimum absolute atomic E-state index is 0.208. The fourth-order valence-electron chi connectivity index (χ4n) is 2.67. The van der Waals surface area contributed by atoms with Crippen molar-refractivity contribution in [3.8, 4) is 5.75 Å². The first-order chi connectivity index (χ1) is 10.6. The van der Waals surface area contributed by atoms with Gasteiger partial charge in [0.25, 0.3) is 0 Å². The first kappa shape index (κ1) is 17.4. The largest absolute Gasteiger partial charge is 0.492 e. The van der Waals surface area contributed by atoms with Gasteiger partial charge in [-0.1, -0.05) is 29.3 Å². The predicted octanol–water partition coefficient (Wildman–Crippen LogP) is 3.22. The van der Waals surface area contributed by atoms with E-state index in [1.807, 2.05) is 11.9 Å². The van der Waals surface area contributed by atoms with E-state index in [0.29, 0.717) is 41.2 Å². The number of carbonyl (C=O) groups is 1. The number of nitrogens with zero attached hydrogens (tertiary/aromatic N) is 1. The van der Waals surface area contributed by atoms with Gasteiger partial charge in [-0.25, -0.2) is 0 Å². The molecule has 122 valence electrons. The normalized spacial score (nSPS) is 17.8. The molecule has 1 aliphatic heterocycles. The van der Waals surface area contributed by atoms with Gasteiger partial charge in [-0.05, 0) is 44.5 Å². The molecule has 0 unspecified atom stereocenters. The lowest BCUT2D eigenvalue weighted by molar-refractivity contribution is -0.130. The molecule has 1 saturated heterocycles. The van der Waals surface area contributed by atoms with Gasteiger partial charge in [0.1, 0.15) is 10.8 Å². The molecule has 4 nitrogen and oxygen atoms in total. The van der Waals surface area contributed by atoms with Crippen LogP contribution in [0.3, 0.4) is 0 Å². The summed E-state index contributed by atoms with van der Waals surface area (Å²) in [6, 6.07) is 5.29. The SMILES string of the molecule is CNC[C@@H]1CCN(C(=O)CCCOc2cccc(Cl)c2Cl)C1. The average molecular weight is 345 g/mol. The van der Waals surface area contributed by atoms with Crippen molar-refractivity contribution in [1.82, 2.24) is 10.2 Å². The molecule has 0 aliphatic carbocycles. The van der Waals surface area contributed by atoms with E-state index in [9.17, 15) is 4.79 Å². The first-order valence-corrected chi connectivity index (χ1v) is 8.36. The maximum absolute atomic E-state index is 12.1. The number of halogens is 2. The summed E-state index contributed by atoms with van der Waals surface area (Å²) in [5.74, 6) is 1.35. The highest BCUT2D eigenvalue weighted by Crippen LogP contribution is 2.31. The lowest BCUT2D eigenvalue weighted by Crippen LogP contribution is -2.30. The Morgan fingerprint density at radius 1 is 1.45 bits per heavy atom. The Kier molecular flexibility index (Phi) is 6.80. The summed E-state index contributed by atoms with van der Waals surface area (Å²) >= 11 is 12.0. The van der Waals surface area contributed by atoms with Gasteiger partial charge in [0.15, 0.2) is 0 Å². The van der Waals surface area contributed by atoms with Crippen LogP contribution in [0.15, 0.2) is 18.2 Å². The average Bonchev–Trinajstić information content (AvgIpc) is 2.96. The molecule has 1 aromatic rings. The Hall–Kier alpha value is -0.970. The Labute approximate surface area is 141 Å². The van der Waals surface area contributed by atoms with Crippen LogP contribution in [0.25, 0.3) is 0 Å². The lowest BCUT2D eigenvalue weighted by atomic mass is 10.1. The van der Waals surface area contributed by atoms with Gasteiger partial charge in [0, 0.05) is 19.5 Å². The minimum Gasteiger partial charge on any atom is -0.492 e. The summed E-state index contributed by atoms with van der Waals surface area (Å²) in [5.41, 5.74) is 0. The van der Waals surface area contributed by atoms with Crippen molar-refractivity contribution in [2.45, 2.75) is 19.3 Å². The van der Waals surface area contributed by atoms with Gasteiger partial charge in [-0.3, -0.25) is 4.79 Å². The number of benzene rings is 1. The zero-order valence-electron chi connectivity index (χ0n) is 12.8. The summed E-state index contributed by atoms with van der Waals surface area (Å²) < 4.78 is 5.59. The maximum Gasteiger partial charge on any atom is 0.222 e. The van der Waals surface area contributed by atoms with Gasteiger partial charge in [0.05, 0.1) is 11.6 Å². The lowest BCUT2D eigenvalue weighted by Gasteiger charge is -2.16. The smallest absolute Gasteiger partial charge is 0.222 e. The summed E-state index contributed by atoms with van der Waals surface area (Å²) in [7, 11) is 1.95. The van der Waals surface area contributed by atoms with Crippen molar-refractivity contribution in [3.63, 3.8) is 0 Å². The highest BCUT2D eigenvalue weighted by molar-refractivity contribution is 6.42. The van der Waals surface area contributed by atoms with Gasteiger partial charge in [-0.2, -0.15) is 0 Å². The van der Waals surface area contributed by atoms with E-state index in [0.717, 1.165) is 26.1 Å². The number of nitrogens with one attached hydrogen (secondary N) is 1. The zero-order valence-corrected chi connectivity index (χ0v) is 14.3. The third-order valence-corrected chi connectivity index (χ3v) is 4.64. The van der Waals surface area contributed by atoms with Crippen LogP contribution < -0.4 is 10.1 Å². The standard InChI is InChI=1S/C16H22Cl2N2O2/c1-19-10-12-7-8-20(11-12)15(21)6-3-9-22-14-5-2-4-13(17)16(14)18/h2,4-5,12,19H,3,6-11H2,1H3/t12-/m0/s1. The van der Waals surface area contributed by atoms with E-state index >= 15 is 0 Å². The molecule has 6 heteroatoms. The van der Waals surface area contributed by atoms with Crippen LogP contribution >= 0.6 is 23.2 Å². The van der Waals surface area contributed by atoms with E-state index in [4.69, 9.17) is 27.9 Å². The molecule has 1 aliphatic rings. The summed E-state index contributed by atoms with van der Waals surface area (Å²) in [6.07, 6.45) is 2.26. The summed E-state index contributed by atoms with van der Waals surface area (Å²) in [5, 5.41) is 4.06. The second-order valence-corrected chi connectivity index (χ2v) is 6.34. The van der Waals surface area contributed by atoms with Crippen molar-refractivity contribution in [2.75, 3.05) is 33.3 Å². The zero-order chi connectivity index (χ0) is 15.9. The molecular formula is C16H22Cl2N2O2. The molecule has 0 radical (unpaired) electrons. The Morgan fingerprint density at radius 3 is 3.05 bits per heavy atom. The molecule has 1 atom stereocenters. The highest BCUT2D eigenvalue weighted by Gasteiger charge is 2.25. The molecule has 0 spiro atoms. The van der Waals surface area contributed by atoms with E-state index < -0.39 is 0 Å². The van der Waals surface area contributed by atoms with Gasteiger partial charge < -0.3 is 15.0 Å². The van der Waals surface area contributed by atoms with E-state index in [1.54, 1.807) is 18.2 Å². The quantitative estimate of drug-likeness (QED) is 0.772. The molecular weight excluding hydrogens is 323 g/mol. The number of hydrogen-bond donors (Lipinski definition) is 1. The number of ether oxygens (including phenoxy) is 1. The fourth-order valence-corrected chi connectivity index (χ4v) is 3.02. The van der Waals surface area contributed by atoms with E-state index in [-0.39, 0.29) is 5.91 Å². The van der Waals surface area contributed by atoms with Crippen molar-refractivity contribution in [3.05, 3.63) is 28.2 Å². The van der Waals surface area contributed by atoms with Crippen LogP contribution in [0, 0.1) is 5.92 Å². The highest BCUT2D eigenvalue weighted by atomic mass is 35.5. The molecule has 22 heavy (non-hydrogen) atoms. The Morgan fingerprint density at radius 2 is 2.27 bits per heavy atom. The first-order valence-electron chi connectivity index (χ1n) is 7.61. The number of carbonyl (C=O) groups excluding carboxylic acids is 1. The molecule has 1 heterocycles. The minimum atomic E-state index is 0.208. The van der Waals surface area contributed by atoms with Crippen LogP contribution in [0.2, 0.25) is 10.0 Å². The van der Waals surface area contributed by atoms with Crippen LogP contribution in [0.5, 0.6) is 5.75 Å².